The number of anilines is 1. The number of amides is 1. The van der Waals surface area contributed by atoms with Gasteiger partial charge in [0.1, 0.15) is 11.5 Å². The molecule has 1 amide bonds. The first-order valence-electron chi connectivity index (χ1n) is 7.44. The summed E-state index contributed by atoms with van der Waals surface area (Å²) < 4.78 is 11.0. The molecule has 0 fully saturated rings. The van der Waals surface area contributed by atoms with Crippen LogP contribution in [-0.2, 0) is 4.79 Å². The van der Waals surface area contributed by atoms with Crippen LogP contribution in [0.2, 0.25) is 5.02 Å². The molecule has 0 radical (unpaired) electrons. The molecule has 1 N–H and O–H groups in total. The van der Waals surface area contributed by atoms with Crippen molar-refractivity contribution in [1.29, 1.82) is 0 Å². The Bertz CT molecular complexity index is 641. The van der Waals surface area contributed by atoms with E-state index in [1.807, 2.05) is 18.2 Å². The average molecular weight is 334 g/mol. The molecule has 0 heterocycles. The fourth-order valence-corrected chi connectivity index (χ4v) is 1.93. The molecule has 4 nitrogen and oxygen atoms in total. The van der Waals surface area contributed by atoms with Gasteiger partial charge in [0.15, 0.2) is 6.61 Å². The SMILES string of the molecule is CC(C)COc1cccc(NC(=O)COc2ccc(Cl)cc2)c1. The summed E-state index contributed by atoms with van der Waals surface area (Å²) >= 11 is 5.79. The molecule has 2 rings (SSSR count). The number of hydrogen-bond donors (Lipinski definition) is 1. The highest BCUT2D eigenvalue weighted by molar-refractivity contribution is 6.30. The van der Waals surface area contributed by atoms with E-state index in [2.05, 4.69) is 19.2 Å². The Labute approximate surface area is 141 Å². The third-order valence-electron chi connectivity index (χ3n) is 2.88. The lowest BCUT2D eigenvalue weighted by atomic mass is 10.2. The van der Waals surface area contributed by atoms with Crippen LogP contribution in [-0.4, -0.2) is 19.1 Å². The Kier molecular flexibility index (Phi) is 6.29. The number of ether oxygens (including phenoxy) is 2. The lowest BCUT2D eigenvalue weighted by Gasteiger charge is -2.11. The van der Waals surface area contributed by atoms with Gasteiger partial charge in [0.25, 0.3) is 5.91 Å². The lowest BCUT2D eigenvalue weighted by molar-refractivity contribution is -0.118. The first-order chi connectivity index (χ1) is 11.0. The quantitative estimate of drug-likeness (QED) is 0.817. The molecule has 0 saturated carbocycles. The summed E-state index contributed by atoms with van der Waals surface area (Å²) in [6.45, 7) is 4.73. The summed E-state index contributed by atoms with van der Waals surface area (Å²) in [6.07, 6.45) is 0. The van der Waals surface area contributed by atoms with Crippen molar-refractivity contribution in [3.63, 3.8) is 0 Å². The van der Waals surface area contributed by atoms with E-state index in [9.17, 15) is 4.79 Å². The second-order valence-electron chi connectivity index (χ2n) is 5.52. The molecule has 0 aliphatic rings. The normalized spacial score (nSPS) is 10.4. The Morgan fingerprint density at radius 3 is 2.52 bits per heavy atom. The fourth-order valence-electron chi connectivity index (χ4n) is 1.80. The van der Waals surface area contributed by atoms with Crippen LogP contribution in [0.3, 0.4) is 0 Å². The van der Waals surface area contributed by atoms with Crippen LogP contribution in [0.1, 0.15) is 13.8 Å². The van der Waals surface area contributed by atoms with E-state index < -0.39 is 0 Å². The van der Waals surface area contributed by atoms with Crippen LogP contribution >= 0.6 is 11.6 Å². The third-order valence-corrected chi connectivity index (χ3v) is 3.14. The van der Waals surface area contributed by atoms with Crippen molar-refractivity contribution < 1.29 is 14.3 Å². The maximum atomic E-state index is 11.9. The van der Waals surface area contributed by atoms with Crippen molar-refractivity contribution >= 4 is 23.2 Å². The van der Waals surface area contributed by atoms with E-state index in [1.54, 1.807) is 30.3 Å². The average Bonchev–Trinajstić information content (AvgIpc) is 2.53. The van der Waals surface area contributed by atoms with Gasteiger partial charge in [-0.2, -0.15) is 0 Å². The van der Waals surface area contributed by atoms with Crippen LogP contribution in [0.15, 0.2) is 48.5 Å². The molecule has 2 aromatic rings. The first kappa shape index (κ1) is 17.2. The number of halogens is 1. The van der Waals surface area contributed by atoms with Gasteiger partial charge >= 0.3 is 0 Å². The largest absolute Gasteiger partial charge is 0.493 e. The Morgan fingerprint density at radius 2 is 1.83 bits per heavy atom. The van der Waals surface area contributed by atoms with Gasteiger partial charge in [-0.15, -0.1) is 0 Å². The number of hydrogen-bond acceptors (Lipinski definition) is 3. The molecule has 0 aliphatic carbocycles. The number of carbonyl (C=O) groups is 1. The third kappa shape index (κ3) is 6.20. The summed E-state index contributed by atoms with van der Waals surface area (Å²) in [6, 6.07) is 14.2. The number of benzene rings is 2. The molecule has 0 atom stereocenters. The second kappa shape index (κ2) is 8.44. The van der Waals surface area contributed by atoms with Crippen LogP contribution in [0.25, 0.3) is 0 Å². The van der Waals surface area contributed by atoms with Crippen LogP contribution in [0, 0.1) is 5.92 Å². The fraction of sp³-hybridized carbons (Fsp3) is 0.278. The molecule has 2 aromatic carbocycles. The van der Waals surface area contributed by atoms with Crippen molar-refractivity contribution in [2.24, 2.45) is 5.92 Å². The van der Waals surface area contributed by atoms with Crippen molar-refractivity contribution in [1.82, 2.24) is 0 Å². The van der Waals surface area contributed by atoms with Crippen molar-refractivity contribution in [3.05, 3.63) is 53.6 Å². The highest BCUT2D eigenvalue weighted by Crippen LogP contribution is 2.18. The van der Waals surface area contributed by atoms with Crippen LogP contribution in [0.4, 0.5) is 5.69 Å². The molecule has 5 heteroatoms. The topological polar surface area (TPSA) is 47.6 Å². The van der Waals surface area contributed by atoms with Gasteiger partial charge in [-0.05, 0) is 42.3 Å². The predicted octanol–water partition coefficient (Wildman–Crippen LogP) is 4.39. The van der Waals surface area contributed by atoms with E-state index in [0.717, 1.165) is 5.75 Å². The van der Waals surface area contributed by atoms with Crippen molar-refractivity contribution in [3.8, 4) is 11.5 Å². The Morgan fingerprint density at radius 1 is 1.09 bits per heavy atom. The molecule has 122 valence electrons. The zero-order valence-corrected chi connectivity index (χ0v) is 14.0. The Hall–Kier alpha value is -2.20. The van der Waals surface area contributed by atoms with Gasteiger partial charge in [-0.3, -0.25) is 4.79 Å². The number of rotatable bonds is 7. The molecule has 0 aromatic heterocycles. The van der Waals surface area contributed by atoms with Gasteiger partial charge in [-0.25, -0.2) is 0 Å². The molecule has 0 aliphatic heterocycles. The standard InChI is InChI=1S/C18H20ClNO3/c1-13(2)11-22-17-5-3-4-15(10-17)20-18(21)12-23-16-8-6-14(19)7-9-16/h3-10,13H,11-12H2,1-2H3,(H,20,21). The van der Waals surface area contributed by atoms with E-state index >= 15 is 0 Å². The maximum absolute atomic E-state index is 11.9. The molecular weight excluding hydrogens is 314 g/mol. The molecular formula is C18H20ClNO3. The van der Waals surface area contributed by atoms with Gasteiger partial charge in [0.05, 0.1) is 6.61 Å². The van der Waals surface area contributed by atoms with Gasteiger partial charge < -0.3 is 14.8 Å². The van der Waals surface area contributed by atoms with Gasteiger partial charge in [-0.1, -0.05) is 31.5 Å². The molecule has 23 heavy (non-hydrogen) atoms. The molecule has 0 bridgehead atoms. The van der Waals surface area contributed by atoms with Crippen molar-refractivity contribution in [2.75, 3.05) is 18.5 Å². The van der Waals surface area contributed by atoms with Gasteiger partial charge in [0, 0.05) is 16.8 Å². The summed E-state index contributed by atoms with van der Waals surface area (Å²) in [5.41, 5.74) is 0.677. The maximum Gasteiger partial charge on any atom is 0.262 e. The van der Waals surface area contributed by atoms with Gasteiger partial charge in [0.2, 0.25) is 0 Å². The lowest BCUT2D eigenvalue weighted by Crippen LogP contribution is -2.20. The Balaban J connectivity index is 1.84. The van der Waals surface area contributed by atoms with E-state index in [-0.39, 0.29) is 12.5 Å². The zero-order chi connectivity index (χ0) is 16.7. The van der Waals surface area contributed by atoms with Crippen LogP contribution < -0.4 is 14.8 Å². The molecule has 0 saturated heterocycles. The summed E-state index contributed by atoms with van der Waals surface area (Å²) in [4.78, 5) is 11.9. The number of carbonyl (C=O) groups excluding carboxylic acids is 1. The minimum absolute atomic E-state index is 0.0707. The minimum Gasteiger partial charge on any atom is -0.493 e. The van der Waals surface area contributed by atoms with Crippen LogP contribution in [0.5, 0.6) is 11.5 Å². The summed E-state index contributed by atoms with van der Waals surface area (Å²) in [5.74, 6) is 1.54. The second-order valence-corrected chi connectivity index (χ2v) is 5.96. The smallest absolute Gasteiger partial charge is 0.262 e. The zero-order valence-electron chi connectivity index (χ0n) is 13.2. The highest BCUT2D eigenvalue weighted by Gasteiger charge is 2.05. The summed E-state index contributed by atoms with van der Waals surface area (Å²) in [7, 11) is 0. The highest BCUT2D eigenvalue weighted by atomic mass is 35.5. The van der Waals surface area contributed by atoms with E-state index in [4.69, 9.17) is 21.1 Å². The minimum atomic E-state index is -0.235. The first-order valence-corrected chi connectivity index (χ1v) is 7.82. The van der Waals surface area contributed by atoms with E-state index in [1.165, 1.54) is 0 Å². The number of nitrogens with one attached hydrogen (secondary N) is 1. The monoisotopic (exact) mass is 333 g/mol. The van der Waals surface area contributed by atoms with E-state index in [0.29, 0.717) is 29.0 Å². The molecule has 0 unspecified atom stereocenters. The predicted molar refractivity (Wildman–Crippen MR) is 92.4 cm³/mol. The summed E-state index contributed by atoms with van der Waals surface area (Å²) in [5, 5.41) is 3.41. The molecule has 0 spiro atoms. The van der Waals surface area contributed by atoms with Crippen molar-refractivity contribution in [2.45, 2.75) is 13.8 Å².